The monoisotopic (exact) mass is 433 g/mol. The molecule has 0 aliphatic heterocycles. The van der Waals surface area contributed by atoms with Crippen LogP contribution in [0.25, 0.3) is 20.2 Å². The summed E-state index contributed by atoms with van der Waals surface area (Å²) in [4.78, 5) is 25.4. The number of hydrogen-bond donors (Lipinski definition) is 1. The van der Waals surface area contributed by atoms with Crippen molar-refractivity contribution >= 4 is 37.4 Å². The van der Waals surface area contributed by atoms with Crippen LogP contribution in [0.15, 0.2) is 59.4 Å². The first kappa shape index (κ1) is 21.2. The second-order valence-electron chi connectivity index (χ2n) is 8.01. The lowest BCUT2D eigenvalue weighted by Gasteiger charge is -2.14. The van der Waals surface area contributed by atoms with Gasteiger partial charge in [0.15, 0.2) is 0 Å². The van der Waals surface area contributed by atoms with Crippen molar-refractivity contribution in [3.63, 3.8) is 0 Å². The number of carbonyl (C=O) groups is 1. The van der Waals surface area contributed by atoms with Gasteiger partial charge in [0, 0.05) is 29.1 Å². The Morgan fingerprint density at radius 1 is 1.13 bits per heavy atom. The molecule has 0 bridgehead atoms. The molecule has 1 atom stereocenters. The molecular weight excluding hydrogens is 406 g/mol. The third kappa shape index (κ3) is 4.85. The molecule has 160 valence electrons. The van der Waals surface area contributed by atoms with Crippen molar-refractivity contribution in [1.82, 2.24) is 15.1 Å². The highest BCUT2D eigenvalue weighted by molar-refractivity contribution is 7.26. The van der Waals surface area contributed by atoms with Gasteiger partial charge in [-0.3, -0.25) is 9.59 Å². The molecule has 31 heavy (non-hydrogen) atoms. The minimum atomic E-state index is -0.0744. The van der Waals surface area contributed by atoms with Crippen molar-refractivity contribution in [2.75, 3.05) is 0 Å². The minimum Gasteiger partial charge on any atom is -0.354 e. The van der Waals surface area contributed by atoms with Crippen molar-refractivity contribution in [3.05, 3.63) is 76.2 Å². The fraction of sp³-hybridized carbons (Fsp3) is 0.320. The molecule has 1 N–H and O–H groups in total. The highest BCUT2D eigenvalue weighted by Crippen LogP contribution is 2.32. The van der Waals surface area contributed by atoms with Gasteiger partial charge in [-0.15, -0.1) is 11.3 Å². The molecule has 0 aliphatic rings. The fourth-order valence-corrected chi connectivity index (χ4v) is 5.04. The number of benzene rings is 2. The number of carbonyl (C=O) groups excluding carboxylic acids is 1. The minimum absolute atomic E-state index is 0.0207. The molecule has 6 heteroatoms. The van der Waals surface area contributed by atoms with E-state index >= 15 is 0 Å². The third-order valence-electron chi connectivity index (χ3n) is 5.53. The Morgan fingerprint density at radius 3 is 2.68 bits per heavy atom. The maximum atomic E-state index is 13.0. The molecule has 2 aromatic carbocycles. The van der Waals surface area contributed by atoms with Crippen LogP contribution in [-0.4, -0.2) is 21.7 Å². The normalized spacial score (nSPS) is 12.3. The van der Waals surface area contributed by atoms with Crippen LogP contribution < -0.4 is 10.9 Å². The number of aryl methyl sites for hydroxylation is 3. The van der Waals surface area contributed by atoms with E-state index in [-0.39, 0.29) is 17.5 Å². The van der Waals surface area contributed by atoms with Crippen molar-refractivity contribution in [2.45, 2.75) is 52.1 Å². The third-order valence-corrected chi connectivity index (χ3v) is 6.81. The maximum absolute atomic E-state index is 13.0. The van der Waals surface area contributed by atoms with E-state index in [2.05, 4.69) is 22.5 Å². The summed E-state index contributed by atoms with van der Waals surface area (Å²) in [6, 6.07) is 18.4. The molecule has 4 aromatic rings. The van der Waals surface area contributed by atoms with Crippen LogP contribution in [0.1, 0.15) is 37.4 Å². The Balaban J connectivity index is 1.35. The number of fused-ring (bicyclic) bond motifs is 3. The largest absolute Gasteiger partial charge is 0.354 e. The van der Waals surface area contributed by atoms with E-state index in [0.29, 0.717) is 19.4 Å². The van der Waals surface area contributed by atoms with E-state index in [1.54, 1.807) is 11.3 Å². The molecule has 0 aliphatic carbocycles. The van der Waals surface area contributed by atoms with E-state index in [0.717, 1.165) is 38.7 Å². The summed E-state index contributed by atoms with van der Waals surface area (Å²) in [6.07, 6.45) is 2.80. The van der Waals surface area contributed by atoms with E-state index < -0.39 is 0 Å². The molecule has 1 amide bonds. The zero-order valence-corrected chi connectivity index (χ0v) is 18.7. The van der Waals surface area contributed by atoms with E-state index in [9.17, 15) is 9.59 Å². The number of thiophene rings is 1. The molecule has 0 fully saturated rings. The van der Waals surface area contributed by atoms with Gasteiger partial charge in [0.25, 0.3) is 5.56 Å². The zero-order chi connectivity index (χ0) is 21.8. The number of hydrogen-bond acceptors (Lipinski definition) is 4. The number of nitrogens with zero attached hydrogens (tertiary/aromatic N) is 2. The number of aromatic nitrogens is 2. The average Bonchev–Trinajstić information content (AvgIpc) is 3.17. The topological polar surface area (TPSA) is 64.0 Å². The Bertz CT molecular complexity index is 1260. The molecule has 5 nitrogen and oxygen atoms in total. The molecule has 2 aromatic heterocycles. The summed E-state index contributed by atoms with van der Waals surface area (Å²) in [5, 5.41) is 9.29. The quantitative estimate of drug-likeness (QED) is 0.433. The second-order valence-corrected chi connectivity index (χ2v) is 9.06. The lowest BCUT2D eigenvalue weighted by Crippen LogP contribution is -2.33. The fourth-order valence-electron chi connectivity index (χ4n) is 3.90. The van der Waals surface area contributed by atoms with E-state index in [4.69, 9.17) is 0 Å². The first-order valence-electron chi connectivity index (χ1n) is 10.7. The van der Waals surface area contributed by atoms with E-state index in [1.807, 2.05) is 56.3 Å². The first-order valence-corrected chi connectivity index (χ1v) is 11.6. The maximum Gasteiger partial charge on any atom is 0.276 e. The van der Waals surface area contributed by atoms with Gasteiger partial charge < -0.3 is 5.32 Å². The van der Waals surface area contributed by atoms with Crippen LogP contribution in [0.4, 0.5) is 0 Å². The van der Waals surface area contributed by atoms with Gasteiger partial charge in [-0.25, -0.2) is 4.68 Å². The molecule has 0 saturated carbocycles. The van der Waals surface area contributed by atoms with Crippen molar-refractivity contribution < 1.29 is 4.79 Å². The average molecular weight is 434 g/mol. The van der Waals surface area contributed by atoms with Crippen molar-refractivity contribution in [1.29, 1.82) is 0 Å². The second kappa shape index (κ2) is 9.43. The molecular formula is C25H27N3O2S. The highest BCUT2D eigenvalue weighted by Gasteiger charge is 2.15. The molecule has 0 spiro atoms. The number of rotatable bonds is 8. The lowest BCUT2D eigenvalue weighted by molar-refractivity contribution is -0.121. The van der Waals surface area contributed by atoms with Gasteiger partial charge in [-0.2, -0.15) is 5.10 Å². The highest BCUT2D eigenvalue weighted by atomic mass is 32.1. The van der Waals surface area contributed by atoms with Gasteiger partial charge in [-0.1, -0.05) is 48.5 Å². The lowest BCUT2D eigenvalue weighted by atomic mass is 10.1. The standard InChI is InChI=1S/C25H27N3O2S/c1-17(14-15-19-9-4-3-5-10-19)26-22(29)13-8-16-28-25(30)23-20-11-6-7-12-21(20)31-24(23)18(2)27-28/h3-7,9-12,17H,8,13-16H2,1-2H3,(H,26,29)/t17-/m0/s1. The van der Waals surface area contributed by atoms with Crippen LogP contribution >= 0.6 is 11.3 Å². The van der Waals surface area contributed by atoms with Gasteiger partial charge in [0.1, 0.15) is 0 Å². The summed E-state index contributed by atoms with van der Waals surface area (Å²) in [6.45, 7) is 4.41. The summed E-state index contributed by atoms with van der Waals surface area (Å²) in [5.41, 5.74) is 2.06. The molecule has 2 heterocycles. The molecule has 0 saturated heterocycles. The van der Waals surface area contributed by atoms with Gasteiger partial charge in [0.05, 0.1) is 15.8 Å². The van der Waals surface area contributed by atoms with Gasteiger partial charge >= 0.3 is 0 Å². The molecule has 0 radical (unpaired) electrons. The van der Waals surface area contributed by atoms with Crippen LogP contribution in [0.3, 0.4) is 0 Å². The smallest absolute Gasteiger partial charge is 0.276 e. The van der Waals surface area contributed by atoms with Gasteiger partial charge in [-0.05, 0) is 44.7 Å². The SMILES string of the molecule is Cc1nn(CCCC(=O)N[C@@H](C)CCc2ccccc2)c(=O)c2c1sc1ccccc12. The summed E-state index contributed by atoms with van der Waals surface area (Å²) < 4.78 is 3.57. The Labute approximate surface area is 185 Å². The number of amides is 1. The number of nitrogens with one attached hydrogen (secondary N) is 1. The molecule has 0 unspecified atom stereocenters. The van der Waals surface area contributed by atoms with Crippen LogP contribution in [0.2, 0.25) is 0 Å². The van der Waals surface area contributed by atoms with Crippen LogP contribution in [-0.2, 0) is 17.8 Å². The van der Waals surface area contributed by atoms with Crippen LogP contribution in [0.5, 0.6) is 0 Å². The summed E-state index contributed by atoms with van der Waals surface area (Å²) in [7, 11) is 0. The Morgan fingerprint density at radius 2 is 1.87 bits per heavy atom. The summed E-state index contributed by atoms with van der Waals surface area (Å²) >= 11 is 1.61. The Kier molecular flexibility index (Phi) is 6.47. The summed E-state index contributed by atoms with van der Waals surface area (Å²) in [5.74, 6) is 0.0207. The Hall–Kier alpha value is -2.99. The van der Waals surface area contributed by atoms with Crippen molar-refractivity contribution in [2.24, 2.45) is 0 Å². The first-order chi connectivity index (χ1) is 15.0. The molecule has 4 rings (SSSR count). The van der Waals surface area contributed by atoms with Gasteiger partial charge in [0.2, 0.25) is 5.91 Å². The zero-order valence-electron chi connectivity index (χ0n) is 17.9. The predicted molar refractivity (Wildman–Crippen MR) is 128 cm³/mol. The van der Waals surface area contributed by atoms with Crippen LogP contribution in [0, 0.1) is 6.92 Å². The van der Waals surface area contributed by atoms with E-state index in [1.165, 1.54) is 10.2 Å². The predicted octanol–water partition coefficient (Wildman–Crippen LogP) is 4.84. The van der Waals surface area contributed by atoms with Crippen molar-refractivity contribution in [3.8, 4) is 0 Å².